The van der Waals surface area contributed by atoms with Crippen LogP contribution >= 0.6 is 0 Å². The Kier molecular flexibility index (Phi) is 2.38. The Morgan fingerprint density at radius 2 is 1.82 bits per heavy atom. The molecule has 11 heavy (non-hydrogen) atoms. The summed E-state index contributed by atoms with van der Waals surface area (Å²) in [6, 6.07) is 4.24. The van der Waals surface area contributed by atoms with Gasteiger partial charge >= 0.3 is 0 Å². The lowest BCUT2D eigenvalue weighted by Crippen LogP contribution is -1.99. The van der Waals surface area contributed by atoms with Crippen LogP contribution in [0.15, 0.2) is 12.1 Å². The molecule has 0 aromatic carbocycles. The molecule has 0 aliphatic carbocycles. The Morgan fingerprint density at radius 3 is 2.27 bits per heavy atom. The maximum Gasteiger partial charge on any atom is 0.0836 e. The zero-order valence-electron chi connectivity index (χ0n) is 7.31. The Bertz CT molecular complexity index is 277. The van der Waals surface area contributed by atoms with Gasteiger partial charge in [0.15, 0.2) is 0 Å². The number of rotatable bonds is 1. The predicted molar refractivity (Wildman–Crippen MR) is 47.4 cm³/mol. The maximum absolute atomic E-state index is 3.05. The second kappa shape index (κ2) is 3.30. The standard InChI is InChI=1S/C10H13N/c1-4-5-8-11-9(2)6-7-10(11)3/h6-7H,8H2,1-3H3. The van der Waals surface area contributed by atoms with E-state index in [0.29, 0.717) is 0 Å². The highest BCUT2D eigenvalue weighted by Gasteiger charge is 1.96. The molecule has 1 heterocycles. The first kappa shape index (κ1) is 7.94. The topological polar surface area (TPSA) is 4.93 Å². The van der Waals surface area contributed by atoms with Crippen molar-refractivity contribution in [3.63, 3.8) is 0 Å². The van der Waals surface area contributed by atoms with Crippen molar-refractivity contribution < 1.29 is 0 Å². The van der Waals surface area contributed by atoms with Crippen molar-refractivity contribution in [1.82, 2.24) is 4.57 Å². The summed E-state index contributed by atoms with van der Waals surface area (Å²) in [5.41, 5.74) is 2.57. The number of aromatic nitrogens is 1. The van der Waals surface area contributed by atoms with E-state index >= 15 is 0 Å². The number of aryl methyl sites for hydroxylation is 2. The Morgan fingerprint density at radius 1 is 1.27 bits per heavy atom. The van der Waals surface area contributed by atoms with Gasteiger partial charge in [-0.1, -0.05) is 5.92 Å². The lowest BCUT2D eigenvalue weighted by molar-refractivity contribution is 0.784. The van der Waals surface area contributed by atoms with E-state index in [9.17, 15) is 0 Å². The minimum absolute atomic E-state index is 0.821. The van der Waals surface area contributed by atoms with Crippen LogP contribution in [0.5, 0.6) is 0 Å². The van der Waals surface area contributed by atoms with Gasteiger partial charge in [0.2, 0.25) is 0 Å². The molecular formula is C10H13N. The van der Waals surface area contributed by atoms with Crippen LogP contribution in [-0.2, 0) is 6.54 Å². The fourth-order valence-corrected chi connectivity index (χ4v) is 1.11. The van der Waals surface area contributed by atoms with Gasteiger partial charge in [0.1, 0.15) is 0 Å². The van der Waals surface area contributed by atoms with Crippen molar-refractivity contribution in [2.75, 3.05) is 0 Å². The third kappa shape index (κ3) is 1.65. The van der Waals surface area contributed by atoms with E-state index in [1.165, 1.54) is 11.4 Å². The fourth-order valence-electron chi connectivity index (χ4n) is 1.11. The predicted octanol–water partition coefficient (Wildman–Crippen LogP) is 2.13. The molecule has 0 unspecified atom stereocenters. The highest BCUT2D eigenvalue weighted by molar-refractivity contribution is 5.15. The van der Waals surface area contributed by atoms with E-state index in [-0.39, 0.29) is 0 Å². The largest absolute Gasteiger partial charge is 0.338 e. The zero-order valence-corrected chi connectivity index (χ0v) is 7.31. The molecule has 0 aliphatic rings. The van der Waals surface area contributed by atoms with Crippen LogP contribution in [0.4, 0.5) is 0 Å². The molecule has 0 saturated carbocycles. The Labute approximate surface area is 68.0 Å². The molecule has 58 valence electrons. The van der Waals surface area contributed by atoms with Crippen molar-refractivity contribution in [1.29, 1.82) is 0 Å². The monoisotopic (exact) mass is 147 g/mol. The van der Waals surface area contributed by atoms with Gasteiger partial charge in [-0.05, 0) is 32.9 Å². The van der Waals surface area contributed by atoms with Crippen LogP contribution in [0.3, 0.4) is 0 Å². The molecule has 0 atom stereocenters. The van der Waals surface area contributed by atoms with Gasteiger partial charge in [-0.2, -0.15) is 0 Å². The second-order valence-corrected chi connectivity index (χ2v) is 2.63. The third-order valence-corrected chi connectivity index (χ3v) is 1.83. The van der Waals surface area contributed by atoms with Gasteiger partial charge in [-0.15, -0.1) is 5.92 Å². The van der Waals surface area contributed by atoms with E-state index in [1.807, 2.05) is 6.92 Å². The molecule has 0 saturated heterocycles. The summed E-state index contributed by atoms with van der Waals surface area (Å²) in [4.78, 5) is 0. The summed E-state index contributed by atoms with van der Waals surface area (Å²) < 4.78 is 2.20. The van der Waals surface area contributed by atoms with Crippen molar-refractivity contribution in [3.8, 4) is 11.8 Å². The fraction of sp³-hybridized carbons (Fsp3) is 0.400. The van der Waals surface area contributed by atoms with E-state index in [2.05, 4.69) is 42.4 Å². The van der Waals surface area contributed by atoms with Gasteiger partial charge in [-0.25, -0.2) is 0 Å². The van der Waals surface area contributed by atoms with Crippen molar-refractivity contribution in [2.45, 2.75) is 27.3 Å². The third-order valence-electron chi connectivity index (χ3n) is 1.83. The minimum Gasteiger partial charge on any atom is -0.338 e. The summed E-state index contributed by atoms with van der Waals surface area (Å²) in [5.74, 6) is 5.93. The summed E-state index contributed by atoms with van der Waals surface area (Å²) in [6.45, 7) is 6.89. The molecule has 0 amide bonds. The molecule has 0 bridgehead atoms. The molecule has 0 radical (unpaired) electrons. The molecule has 1 nitrogen and oxygen atoms in total. The summed E-state index contributed by atoms with van der Waals surface area (Å²) >= 11 is 0. The van der Waals surface area contributed by atoms with Gasteiger partial charge in [0.25, 0.3) is 0 Å². The minimum atomic E-state index is 0.821. The van der Waals surface area contributed by atoms with Crippen LogP contribution in [-0.4, -0.2) is 4.57 Å². The van der Waals surface area contributed by atoms with Gasteiger partial charge in [0.05, 0.1) is 6.54 Å². The average Bonchev–Trinajstić information content (AvgIpc) is 2.29. The Hall–Kier alpha value is -1.16. The average molecular weight is 147 g/mol. The maximum atomic E-state index is 3.05. The summed E-state index contributed by atoms with van der Waals surface area (Å²) in [7, 11) is 0. The van der Waals surface area contributed by atoms with Crippen molar-refractivity contribution >= 4 is 0 Å². The molecule has 1 heteroatoms. The van der Waals surface area contributed by atoms with Gasteiger partial charge in [0, 0.05) is 11.4 Å². The first-order valence-electron chi connectivity index (χ1n) is 3.78. The normalized spacial score (nSPS) is 9.00. The van der Waals surface area contributed by atoms with Crippen LogP contribution in [0.2, 0.25) is 0 Å². The highest BCUT2D eigenvalue weighted by atomic mass is 15.0. The smallest absolute Gasteiger partial charge is 0.0836 e. The van der Waals surface area contributed by atoms with E-state index in [1.54, 1.807) is 0 Å². The van der Waals surface area contributed by atoms with Crippen LogP contribution < -0.4 is 0 Å². The van der Waals surface area contributed by atoms with Crippen LogP contribution in [0, 0.1) is 25.7 Å². The molecular weight excluding hydrogens is 134 g/mol. The second-order valence-electron chi connectivity index (χ2n) is 2.63. The SMILES string of the molecule is CC#CCn1c(C)ccc1C. The first-order chi connectivity index (χ1) is 5.25. The molecule has 1 aromatic rings. The molecule has 0 aliphatic heterocycles. The number of nitrogens with zero attached hydrogens (tertiary/aromatic N) is 1. The lowest BCUT2D eigenvalue weighted by atomic mass is 10.5. The molecule has 0 fully saturated rings. The summed E-state index contributed by atoms with van der Waals surface area (Å²) in [5, 5.41) is 0. The van der Waals surface area contributed by atoms with E-state index < -0.39 is 0 Å². The summed E-state index contributed by atoms with van der Waals surface area (Å²) in [6.07, 6.45) is 0. The molecule has 1 rings (SSSR count). The highest BCUT2D eigenvalue weighted by Crippen LogP contribution is 2.05. The van der Waals surface area contributed by atoms with E-state index in [0.717, 1.165) is 6.54 Å². The van der Waals surface area contributed by atoms with Crippen LogP contribution in [0.25, 0.3) is 0 Å². The number of hydrogen-bond acceptors (Lipinski definition) is 0. The molecule has 0 spiro atoms. The van der Waals surface area contributed by atoms with Gasteiger partial charge < -0.3 is 4.57 Å². The first-order valence-corrected chi connectivity index (χ1v) is 3.78. The molecule has 1 aromatic heterocycles. The van der Waals surface area contributed by atoms with Crippen LogP contribution in [0.1, 0.15) is 18.3 Å². The number of hydrogen-bond donors (Lipinski definition) is 0. The molecule has 0 N–H and O–H groups in total. The van der Waals surface area contributed by atoms with E-state index in [4.69, 9.17) is 0 Å². The van der Waals surface area contributed by atoms with Crippen molar-refractivity contribution in [3.05, 3.63) is 23.5 Å². The lowest BCUT2D eigenvalue weighted by Gasteiger charge is -2.02. The zero-order chi connectivity index (χ0) is 8.27. The quantitative estimate of drug-likeness (QED) is 0.536. The Balaban J connectivity index is 2.89. The van der Waals surface area contributed by atoms with Gasteiger partial charge in [-0.3, -0.25) is 0 Å². The van der Waals surface area contributed by atoms with Crippen molar-refractivity contribution in [2.24, 2.45) is 0 Å².